The van der Waals surface area contributed by atoms with Crippen LogP contribution in [0.25, 0.3) is 6.08 Å². The van der Waals surface area contributed by atoms with Crippen LogP contribution in [0.1, 0.15) is 11.1 Å². The summed E-state index contributed by atoms with van der Waals surface area (Å²) in [6, 6.07) is 12.1. The van der Waals surface area contributed by atoms with E-state index in [1.165, 1.54) is 28.8 Å². The van der Waals surface area contributed by atoms with Crippen LogP contribution in [-0.4, -0.2) is 27.9 Å². The van der Waals surface area contributed by atoms with Gasteiger partial charge < -0.3 is 0 Å². The third kappa shape index (κ3) is 3.79. The number of rotatable bonds is 3. The fraction of sp³-hybridized carbons (Fsp3) is 0.111. The molecule has 132 valence electrons. The van der Waals surface area contributed by atoms with Crippen molar-refractivity contribution in [3.63, 3.8) is 0 Å². The number of amides is 1. The maximum atomic E-state index is 12.4. The van der Waals surface area contributed by atoms with Gasteiger partial charge in [0.1, 0.15) is 5.02 Å². The maximum absolute atomic E-state index is 12.4. The lowest BCUT2D eigenvalue weighted by Crippen LogP contribution is -2.23. The number of halogens is 1. The van der Waals surface area contributed by atoms with Gasteiger partial charge in [-0.05, 0) is 48.5 Å². The SMILES string of the molecule is Cc1ccc(N=C2S/C(=C/c3ccc(Cl)c([N+](=O)[O-])c3)C(=O)N2C)cc1. The fourth-order valence-corrected chi connectivity index (χ4v) is 3.47. The largest absolute Gasteiger partial charge is 0.290 e. The first-order chi connectivity index (χ1) is 12.3. The molecule has 0 radical (unpaired) electrons. The average molecular weight is 388 g/mol. The van der Waals surface area contributed by atoms with Gasteiger partial charge in [-0.25, -0.2) is 4.99 Å². The maximum Gasteiger partial charge on any atom is 0.288 e. The number of carbonyl (C=O) groups excluding carboxylic acids is 1. The highest BCUT2D eigenvalue weighted by atomic mass is 35.5. The fourth-order valence-electron chi connectivity index (χ4n) is 2.29. The molecule has 8 heteroatoms. The summed E-state index contributed by atoms with van der Waals surface area (Å²) in [5, 5.41) is 11.6. The molecule has 2 aromatic carbocycles. The zero-order valence-electron chi connectivity index (χ0n) is 14.0. The molecule has 3 rings (SSSR count). The van der Waals surface area contributed by atoms with Crippen molar-refractivity contribution in [1.82, 2.24) is 4.90 Å². The summed E-state index contributed by atoms with van der Waals surface area (Å²) >= 11 is 7.05. The Morgan fingerprint density at radius 3 is 2.58 bits per heavy atom. The first kappa shape index (κ1) is 18.2. The van der Waals surface area contributed by atoms with E-state index in [0.29, 0.717) is 15.6 Å². The molecule has 0 aliphatic carbocycles. The summed E-state index contributed by atoms with van der Waals surface area (Å²) in [5.74, 6) is -0.210. The number of amidine groups is 1. The third-order valence-electron chi connectivity index (χ3n) is 3.73. The molecule has 1 amide bonds. The van der Waals surface area contributed by atoms with Gasteiger partial charge in [-0.1, -0.05) is 35.4 Å². The van der Waals surface area contributed by atoms with Gasteiger partial charge in [0.2, 0.25) is 0 Å². The molecule has 0 aromatic heterocycles. The van der Waals surface area contributed by atoms with E-state index in [0.717, 1.165) is 11.3 Å². The minimum atomic E-state index is -0.551. The zero-order chi connectivity index (χ0) is 18.8. The molecule has 1 aliphatic heterocycles. The summed E-state index contributed by atoms with van der Waals surface area (Å²) in [6.07, 6.45) is 1.60. The Labute approximate surface area is 159 Å². The molecule has 6 nitrogen and oxygen atoms in total. The number of aryl methyl sites for hydroxylation is 1. The normalized spacial score (nSPS) is 17.3. The topological polar surface area (TPSA) is 75.8 Å². The monoisotopic (exact) mass is 387 g/mol. The standard InChI is InChI=1S/C18H14ClN3O3S/c1-11-3-6-13(7-4-11)20-18-21(2)17(23)16(26-18)10-12-5-8-14(19)15(9-12)22(24)25/h3-10H,1-2H3/b16-10+,20-18?. The molecule has 0 atom stereocenters. The highest BCUT2D eigenvalue weighted by Crippen LogP contribution is 2.34. The van der Waals surface area contributed by atoms with Crippen LogP contribution in [0, 0.1) is 17.0 Å². The molecule has 1 fully saturated rings. The second kappa shape index (κ2) is 7.31. The molecule has 0 unspecified atom stereocenters. The lowest BCUT2D eigenvalue weighted by molar-refractivity contribution is -0.384. The number of nitro benzene ring substituents is 1. The van der Waals surface area contributed by atoms with Crippen molar-refractivity contribution in [2.45, 2.75) is 6.92 Å². The molecular weight excluding hydrogens is 374 g/mol. The number of hydrogen-bond donors (Lipinski definition) is 0. The van der Waals surface area contributed by atoms with Crippen molar-refractivity contribution in [3.8, 4) is 0 Å². The van der Waals surface area contributed by atoms with Crippen LogP contribution in [0.2, 0.25) is 5.02 Å². The van der Waals surface area contributed by atoms with Gasteiger partial charge in [0.25, 0.3) is 11.6 Å². The lowest BCUT2D eigenvalue weighted by atomic mass is 10.2. The van der Waals surface area contributed by atoms with E-state index in [1.807, 2.05) is 31.2 Å². The number of benzene rings is 2. The minimum Gasteiger partial charge on any atom is -0.290 e. The lowest BCUT2D eigenvalue weighted by Gasteiger charge is -2.07. The first-order valence-corrected chi connectivity index (χ1v) is 8.81. The number of nitro groups is 1. The Hall–Kier alpha value is -2.64. The van der Waals surface area contributed by atoms with E-state index in [9.17, 15) is 14.9 Å². The Morgan fingerprint density at radius 1 is 1.23 bits per heavy atom. The van der Waals surface area contributed by atoms with E-state index in [-0.39, 0.29) is 16.6 Å². The molecule has 0 bridgehead atoms. The number of likely N-dealkylation sites (N-methyl/N-ethyl adjacent to an activating group) is 1. The average Bonchev–Trinajstić information content (AvgIpc) is 2.86. The van der Waals surface area contributed by atoms with E-state index >= 15 is 0 Å². The van der Waals surface area contributed by atoms with Crippen LogP contribution in [0.3, 0.4) is 0 Å². The van der Waals surface area contributed by atoms with E-state index in [2.05, 4.69) is 4.99 Å². The number of hydrogen-bond acceptors (Lipinski definition) is 5. The second-order valence-corrected chi connectivity index (χ2v) is 7.09. The molecular formula is C18H14ClN3O3S. The minimum absolute atomic E-state index is 0.0568. The van der Waals surface area contributed by atoms with Crippen LogP contribution in [0.15, 0.2) is 52.4 Å². The zero-order valence-corrected chi connectivity index (χ0v) is 15.5. The molecule has 0 saturated carbocycles. The predicted octanol–water partition coefficient (Wildman–Crippen LogP) is 4.79. The molecule has 0 spiro atoms. The predicted molar refractivity (Wildman–Crippen MR) is 105 cm³/mol. The molecule has 0 N–H and O–H groups in total. The van der Waals surface area contributed by atoms with E-state index < -0.39 is 4.92 Å². The van der Waals surface area contributed by atoms with Crippen molar-refractivity contribution in [2.24, 2.45) is 4.99 Å². The van der Waals surface area contributed by atoms with Crippen LogP contribution < -0.4 is 0 Å². The Balaban J connectivity index is 1.91. The van der Waals surface area contributed by atoms with Crippen LogP contribution in [0.5, 0.6) is 0 Å². The Kier molecular flexibility index (Phi) is 5.11. The van der Waals surface area contributed by atoms with Gasteiger partial charge in [-0.15, -0.1) is 0 Å². The first-order valence-electron chi connectivity index (χ1n) is 7.62. The molecule has 26 heavy (non-hydrogen) atoms. The molecule has 1 saturated heterocycles. The summed E-state index contributed by atoms with van der Waals surface area (Å²) in [6.45, 7) is 1.99. The number of nitrogens with zero attached hydrogens (tertiary/aromatic N) is 3. The number of thioether (sulfide) groups is 1. The number of carbonyl (C=O) groups is 1. The van der Waals surface area contributed by atoms with Crippen LogP contribution in [-0.2, 0) is 4.79 Å². The van der Waals surface area contributed by atoms with Crippen molar-refractivity contribution < 1.29 is 9.72 Å². The highest BCUT2D eigenvalue weighted by Gasteiger charge is 2.30. The van der Waals surface area contributed by atoms with E-state index in [4.69, 9.17) is 11.6 Å². The summed E-state index contributed by atoms with van der Waals surface area (Å²) in [5.41, 5.74) is 2.21. The Bertz CT molecular complexity index is 955. The molecule has 1 aliphatic rings. The quantitative estimate of drug-likeness (QED) is 0.431. The van der Waals surface area contributed by atoms with Crippen molar-refractivity contribution in [2.75, 3.05) is 7.05 Å². The summed E-state index contributed by atoms with van der Waals surface area (Å²) < 4.78 is 0. The van der Waals surface area contributed by atoms with Gasteiger partial charge in [-0.3, -0.25) is 19.8 Å². The molecule has 2 aromatic rings. The van der Waals surface area contributed by atoms with E-state index in [1.54, 1.807) is 19.2 Å². The summed E-state index contributed by atoms with van der Waals surface area (Å²) in [4.78, 5) is 29.3. The summed E-state index contributed by atoms with van der Waals surface area (Å²) in [7, 11) is 1.65. The number of aliphatic imine (C=N–C) groups is 1. The van der Waals surface area contributed by atoms with Gasteiger partial charge in [0.05, 0.1) is 15.5 Å². The third-order valence-corrected chi connectivity index (χ3v) is 5.11. The second-order valence-electron chi connectivity index (χ2n) is 5.67. The highest BCUT2D eigenvalue weighted by molar-refractivity contribution is 8.18. The smallest absolute Gasteiger partial charge is 0.288 e. The molecule has 1 heterocycles. The van der Waals surface area contributed by atoms with Crippen LogP contribution in [0.4, 0.5) is 11.4 Å². The van der Waals surface area contributed by atoms with Gasteiger partial charge in [0.15, 0.2) is 5.17 Å². The Morgan fingerprint density at radius 2 is 1.92 bits per heavy atom. The van der Waals surface area contributed by atoms with Gasteiger partial charge in [0, 0.05) is 13.1 Å². The van der Waals surface area contributed by atoms with Crippen molar-refractivity contribution in [1.29, 1.82) is 0 Å². The van der Waals surface area contributed by atoms with Gasteiger partial charge in [-0.2, -0.15) is 0 Å². The van der Waals surface area contributed by atoms with Crippen molar-refractivity contribution >= 4 is 51.9 Å². The van der Waals surface area contributed by atoms with Crippen molar-refractivity contribution in [3.05, 3.63) is 73.6 Å². The van der Waals surface area contributed by atoms with Gasteiger partial charge >= 0.3 is 0 Å². The van der Waals surface area contributed by atoms with Crippen LogP contribution >= 0.6 is 23.4 Å².